The van der Waals surface area contributed by atoms with Gasteiger partial charge in [0, 0.05) is 43.2 Å². The van der Waals surface area contributed by atoms with Crippen LogP contribution in [0.2, 0.25) is 0 Å². The van der Waals surface area contributed by atoms with Crippen LogP contribution < -0.4 is 0 Å². The lowest BCUT2D eigenvalue weighted by Crippen LogP contribution is -2.28. The largest absolute Gasteiger partial charge is 0.342 e. The Kier molecular flexibility index (Phi) is 4.37. The van der Waals surface area contributed by atoms with E-state index in [-0.39, 0.29) is 12.3 Å². The third kappa shape index (κ3) is 4.26. The fraction of sp³-hybridized carbons (Fsp3) is 0.538. The normalized spacial score (nSPS) is 19.6. The molecule has 1 fully saturated rings. The van der Waals surface area contributed by atoms with Gasteiger partial charge in [-0.15, -0.1) is 3.89 Å². The first-order valence-corrected chi connectivity index (χ1v) is 8.01. The monoisotopic (exact) mass is 300 g/mol. The zero-order valence-electron chi connectivity index (χ0n) is 11.3. The molecule has 1 aromatic rings. The number of nitrogens with zero attached hydrogens (tertiary/aromatic N) is 2. The summed E-state index contributed by atoms with van der Waals surface area (Å²) in [6, 6.07) is 5.69. The predicted octanol–water partition coefficient (Wildman–Crippen LogP) is 1.08. The van der Waals surface area contributed by atoms with Crippen molar-refractivity contribution in [1.82, 2.24) is 9.88 Å². The summed E-state index contributed by atoms with van der Waals surface area (Å²) in [4.78, 5) is 17.7. The summed E-state index contributed by atoms with van der Waals surface area (Å²) in [6.45, 7) is 2.68. The molecule has 0 aromatic carbocycles. The molecule has 1 atom stereocenters. The van der Waals surface area contributed by atoms with E-state index < -0.39 is 21.9 Å². The maximum atomic E-state index is 12.6. The quantitative estimate of drug-likeness (QED) is 0.763. The molecular weight excluding hydrogens is 283 g/mol. The van der Waals surface area contributed by atoms with Crippen LogP contribution in [-0.2, 0) is 21.4 Å². The number of hydrogen-bond acceptors (Lipinski definition) is 4. The molecule has 1 unspecified atom stereocenters. The zero-order valence-corrected chi connectivity index (χ0v) is 12.1. The van der Waals surface area contributed by atoms with E-state index in [0.29, 0.717) is 19.5 Å². The van der Waals surface area contributed by atoms with Gasteiger partial charge < -0.3 is 4.90 Å². The van der Waals surface area contributed by atoms with Gasteiger partial charge in [0.25, 0.3) is 0 Å². The Morgan fingerprint density at radius 2 is 2.20 bits per heavy atom. The number of halogens is 1. The summed E-state index contributed by atoms with van der Waals surface area (Å²) < 4.78 is 33.8. The van der Waals surface area contributed by atoms with Crippen molar-refractivity contribution < 1.29 is 17.1 Å². The second-order valence-corrected chi connectivity index (χ2v) is 6.55. The second-order valence-electron chi connectivity index (χ2n) is 5.14. The van der Waals surface area contributed by atoms with Gasteiger partial charge in [0.2, 0.25) is 5.91 Å². The Morgan fingerprint density at radius 1 is 1.45 bits per heavy atom. The highest BCUT2D eigenvalue weighted by atomic mass is 32.3. The maximum absolute atomic E-state index is 12.6. The Bertz CT molecular complexity index is 603. The van der Waals surface area contributed by atoms with Gasteiger partial charge >= 0.3 is 10.2 Å². The van der Waals surface area contributed by atoms with E-state index in [0.717, 1.165) is 11.4 Å². The van der Waals surface area contributed by atoms with Crippen LogP contribution in [0.4, 0.5) is 3.89 Å². The molecule has 0 N–H and O–H groups in total. The van der Waals surface area contributed by atoms with Crippen molar-refractivity contribution in [3.05, 3.63) is 29.6 Å². The summed E-state index contributed by atoms with van der Waals surface area (Å²) in [5, 5.41) is 0. The summed E-state index contributed by atoms with van der Waals surface area (Å²) >= 11 is 0. The summed E-state index contributed by atoms with van der Waals surface area (Å²) in [5.41, 5.74) is 1.80. The van der Waals surface area contributed by atoms with Crippen LogP contribution >= 0.6 is 0 Å². The fourth-order valence-corrected chi connectivity index (χ4v) is 3.24. The highest BCUT2D eigenvalue weighted by molar-refractivity contribution is 7.86. The van der Waals surface area contributed by atoms with Gasteiger partial charge in [-0.05, 0) is 19.1 Å². The number of carbonyl (C=O) groups excluding carboxylic acids is 1. The molecule has 2 rings (SSSR count). The van der Waals surface area contributed by atoms with Crippen LogP contribution in [0, 0.1) is 12.8 Å². The molecule has 0 aliphatic carbocycles. The Labute approximate surface area is 118 Å². The molecule has 1 saturated heterocycles. The number of likely N-dealkylation sites (tertiary alicyclic amines) is 1. The molecule has 0 saturated carbocycles. The average molecular weight is 300 g/mol. The number of hydrogen-bond donors (Lipinski definition) is 0. The van der Waals surface area contributed by atoms with Gasteiger partial charge in [0.1, 0.15) is 0 Å². The second kappa shape index (κ2) is 5.87. The Morgan fingerprint density at radius 3 is 2.85 bits per heavy atom. The van der Waals surface area contributed by atoms with Crippen molar-refractivity contribution in [2.24, 2.45) is 5.92 Å². The van der Waals surface area contributed by atoms with E-state index in [1.807, 2.05) is 25.1 Å². The summed E-state index contributed by atoms with van der Waals surface area (Å²) in [7, 11) is -4.52. The minimum atomic E-state index is -4.52. The summed E-state index contributed by atoms with van der Waals surface area (Å²) in [6.07, 6.45) is 0.715. The first kappa shape index (κ1) is 14.9. The predicted molar refractivity (Wildman–Crippen MR) is 72.3 cm³/mol. The fourth-order valence-electron chi connectivity index (χ4n) is 2.45. The van der Waals surface area contributed by atoms with Gasteiger partial charge in [0.05, 0.1) is 5.75 Å². The lowest BCUT2D eigenvalue weighted by Gasteiger charge is -2.16. The number of carbonyl (C=O) groups is 1. The molecule has 7 heteroatoms. The molecule has 0 bridgehead atoms. The highest BCUT2D eigenvalue weighted by Gasteiger charge is 2.32. The number of aromatic nitrogens is 1. The molecule has 5 nitrogen and oxygen atoms in total. The number of pyridine rings is 1. The third-order valence-corrected chi connectivity index (χ3v) is 4.18. The van der Waals surface area contributed by atoms with Gasteiger partial charge in [-0.25, -0.2) is 0 Å². The number of rotatable bonds is 5. The highest BCUT2D eigenvalue weighted by Crippen LogP contribution is 2.20. The van der Waals surface area contributed by atoms with Crippen LogP contribution in [0.5, 0.6) is 0 Å². The van der Waals surface area contributed by atoms with Crippen LogP contribution in [0.25, 0.3) is 0 Å². The van der Waals surface area contributed by atoms with Crippen LogP contribution in [0.1, 0.15) is 17.8 Å². The standard InChI is InChI=1S/C13H17FN2O3S/c1-10-3-2-4-12(15-10)5-6-16-8-11(7-13(16)17)9-20(14,18)19/h2-4,11H,5-9H2,1H3. The SMILES string of the molecule is Cc1cccc(CCN2CC(CS(=O)(=O)F)CC2=O)n1. The van der Waals surface area contributed by atoms with Gasteiger partial charge in [-0.3, -0.25) is 9.78 Å². The van der Waals surface area contributed by atoms with E-state index >= 15 is 0 Å². The van der Waals surface area contributed by atoms with Crippen molar-refractivity contribution in [2.75, 3.05) is 18.8 Å². The van der Waals surface area contributed by atoms with Gasteiger partial charge in [-0.2, -0.15) is 8.42 Å². The van der Waals surface area contributed by atoms with E-state index in [1.54, 1.807) is 4.90 Å². The van der Waals surface area contributed by atoms with Crippen molar-refractivity contribution in [2.45, 2.75) is 19.8 Å². The molecule has 1 aliphatic rings. The Balaban J connectivity index is 1.89. The van der Waals surface area contributed by atoms with E-state index in [2.05, 4.69) is 4.98 Å². The number of aryl methyl sites for hydroxylation is 1. The number of amides is 1. The smallest absolute Gasteiger partial charge is 0.302 e. The van der Waals surface area contributed by atoms with E-state index in [4.69, 9.17) is 0 Å². The molecule has 0 spiro atoms. The minimum Gasteiger partial charge on any atom is -0.342 e. The molecule has 1 amide bonds. The zero-order chi connectivity index (χ0) is 14.8. The van der Waals surface area contributed by atoms with Crippen molar-refractivity contribution in [3.8, 4) is 0 Å². The first-order chi connectivity index (χ1) is 9.33. The van der Waals surface area contributed by atoms with Crippen molar-refractivity contribution in [1.29, 1.82) is 0 Å². The van der Waals surface area contributed by atoms with E-state index in [9.17, 15) is 17.1 Å². The molecule has 110 valence electrons. The van der Waals surface area contributed by atoms with Crippen LogP contribution in [0.3, 0.4) is 0 Å². The van der Waals surface area contributed by atoms with Crippen LogP contribution in [0.15, 0.2) is 18.2 Å². The molecular formula is C13H17FN2O3S. The Hall–Kier alpha value is -1.50. The topological polar surface area (TPSA) is 67.3 Å². The van der Waals surface area contributed by atoms with Gasteiger partial charge in [-0.1, -0.05) is 6.07 Å². The summed E-state index contributed by atoms with van der Waals surface area (Å²) in [5.74, 6) is -1.13. The van der Waals surface area contributed by atoms with E-state index in [1.165, 1.54) is 0 Å². The van der Waals surface area contributed by atoms with Crippen LogP contribution in [-0.4, -0.2) is 43.1 Å². The first-order valence-electron chi connectivity index (χ1n) is 6.46. The van der Waals surface area contributed by atoms with Crippen molar-refractivity contribution >= 4 is 16.1 Å². The minimum absolute atomic E-state index is 0.102. The molecule has 1 aromatic heterocycles. The lowest BCUT2D eigenvalue weighted by atomic mass is 10.1. The average Bonchev–Trinajstić information content (AvgIpc) is 2.64. The lowest BCUT2D eigenvalue weighted by molar-refractivity contribution is -0.127. The van der Waals surface area contributed by atoms with Gasteiger partial charge in [0.15, 0.2) is 0 Å². The third-order valence-electron chi connectivity index (χ3n) is 3.31. The molecule has 20 heavy (non-hydrogen) atoms. The molecule has 1 aliphatic heterocycles. The van der Waals surface area contributed by atoms with Crippen molar-refractivity contribution in [3.63, 3.8) is 0 Å². The molecule has 0 radical (unpaired) electrons. The molecule has 2 heterocycles. The maximum Gasteiger partial charge on any atom is 0.302 e.